The number of thiophene rings is 1. The molecule has 3 nitrogen and oxygen atoms in total. The van der Waals surface area contributed by atoms with Crippen LogP contribution in [0.5, 0.6) is 0 Å². The van der Waals surface area contributed by atoms with Crippen molar-refractivity contribution in [3.05, 3.63) is 21.4 Å². The molecule has 1 amide bonds. The molecule has 1 aromatic rings. The van der Waals surface area contributed by atoms with Crippen molar-refractivity contribution in [1.82, 2.24) is 10.6 Å². The minimum absolute atomic E-state index is 0.138. The van der Waals surface area contributed by atoms with Gasteiger partial charge in [0.05, 0.1) is 6.54 Å². The van der Waals surface area contributed by atoms with Gasteiger partial charge in [-0.1, -0.05) is 0 Å². The minimum atomic E-state index is 0.138. The Labute approximate surface area is 101 Å². The number of hydrogen-bond donors (Lipinski definition) is 2. The predicted molar refractivity (Wildman–Crippen MR) is 68.8 cm³/mol. The highest BCUT2D eigenvalue weighted by Crippen LogP contribution is 2.20. The van der Waals surface area contributed by atoms with Gasteiger partial charge in [-0.25, -0.2) is 0 Å². The third kappa shape index (κ3) is 4.33. The van der Waals surface area contributed by atoms with Crippen molar-refractivity contribution in [3.63, 3.8) is 0 Å². The molecule has 0 spiro atoms. The SMILES string of the molecule is CNCCCC(=O)NCc1cc(C)c(C)s1. The summed E-state index contributed by atoms with van der Waals surface area (Å²) in [5.41, 5.74) is 1.31. The van der Waals surface area contributed by atoms with Crippen molar-refractivity contribution < 1.29 is 4.79 Å². The molecule has 0 saturated carbocycles. The lowest BCUT2D eigenvalue weighted by Gasteiger charge is -2.03. The Morgan fingerprint density at radius 3 is 2.75 bits per heavy atom. The van der Waals surface area contributed by atoms with Gasteiger partial charge in [0, 0.05) is 16.2 Å². The molecule has 2 N–H and O–H groups in total. The van der Waals surface area contributed by atoms with Crippen molar-refractivity contribution in [1.29, 1.82) is 0 Å². The predicted octanol–water partition coefficient (Wildman–Crippen LogP) is 1.98. The fourth-order valence-corrected chi connectivity index (χ4v) is 2.43. The number of aryl methyl sites for hydroxylation is 2. The summed E-state index contributed by atoms with van der Waals surface area (Å²) in [6, 6.07) is 2.15. The maximum atomic E-state index is 11.4. The van der Waals surface area contributed by atoms with E-state index >= 15 is 0 Å². The van der Waals surface area contributed by atoms with E-state index in [2.05, 4.69) is 30.5 Å². The second-order valence-electron chi connectivity index (χ2n) is 3.94. The lowest BCUT2D eigenvalue weighted by atomic mass is 10.2. The van der Waals surface area contributed by atoms with Crippen LogP contribution in [0.1, 0.15) is 28.2 Å². The fraction of sp³-hybridized carbons (Fsp3) is 0.583. The molecular formula is C12H20N2OS. The van der Waals surface area contributed by atoms with Gasteiger partial charge >= 0.3 is 0 Å². The summed E-state index contributed by atoms with van der Waals surface area (Å²) in [4.78, 5) is 14.0. The van der Waals surface area contributed by atoms with Gasteiger partial charge in [-0.05, 0) is 45.5 Å². The molecule has 1 rings (SSSR count). The van der Waals surface area contributed by atoms with E-state index in [1.165, 1.54) is 15.3 Å². The van der Waals surface area contributed by atoms with E-state index in [9.17, 15) is 4.79 Å². The summed E-state index contributed by atoms with van der Waals surface area (Å²) < 4.78 is 0. The van der Waals surface area contributed by atoms with Crippen LogP contribution < -0.4 is 10.6 Å². The smallest absolute Gasteiger partial charge is 0.220 e. The summed E-state index contributed by atoms with van der Waals surface area (Å²) >= 11 is 1.76. The van der Waals surface area contributed by atoms with Crippen molar-refractivity contribution >= 4 is 17.2 Å². The summed E-state index contributed by atoms with van der Waals surface area (Å²) in [6.07, 6.45) is 1.50. The number of carbonyl (C=O) groups excluding carboxylic acids is 1. The van der Waals surface area contributed by atoms with Crippen LogP contribution in [0.3, 0.4) is 0 Å². The average Bonchev–Trinajstić information content (AvgIpc) is 2.56. The molecule has 1 heterocycles. The molecule has 0 radical (unpaired) electrons. The zero-order valence-electron chi connectivity index (χ0n) is 10.2. The molecule has 90 valence electrons. The summed E-state index contributed by atoms with van der Waals surface area (Å²) in [7, 11) is 1.90. The third-order valence-electron chi connectivity index (χ3n) is 2.51. The van der Waals surface area contributed by atoms with Gasteiger partial charge in [0.25, 0.3) is 0 Å². The standard InChI is InChI=1S/C12H20N2OS/c1-9-7-11(16-10(9)2)8-14-12(15)5-4-6-13-3/h7,13H,4-6,8H2,1-3H3,(H,14,15). The van der Waals surface area contributed by atoms with E-state index in [0.29, 0.717) is 13.0 Å². The Kier molecular flexibility index (Phi) is 5.49. The van der Waals surface area contributed by atoms with Crippen LogP contribution in [0, 0.1) is 13.8 Å². The quantitative estimate of drug-likeness (QED) is 0.747. The van der Waals surface area contributed by atoms with E-state index in [4.69, 9.17) is 0 Å². The van der Waals surface area contributed by atoms with E-state index in [1.54, 1.807) is 11.3 Å². The first-order valence-electron chi connectivity index (χ1n) is 5.60. The Bertz CT molecular complexity index is 327. The average molecular weight is 240 g/mol. The molecule has 0 aliphatic rings. The van der Waals surface area contributed by atoms with E-state index in [-0.39, 0.29) is 5.91 Å². The number of carbonyl (C=O) groups is 1. The molecule has 0 unspecified atom stereocenters. The largest absolute Gasteiger partial charge is 0.351 e. The molecular weight excluding hydrogens is 220 g/mol. The zero-order valence-corrected chi connectivity index (χ0v) is 11.0. The van der Waals surface area contributed by atoms with Gasteiger partial charge in [0.2, 0.25) is 5.91 Å². The van der Waals surface area contributed by atoms with Gasteiger partial charge in [-0.3, -0.25) is 4.79 Å². The molecule has 0 saturated heterocycles. The van der Waals surface area contributed by atoms with Crippen molar-refractivity contribution in [2.45, 2.75) is 33.2 Å². The molecule has 0 atom stereocenters. The topological polar surface area (TPSA) is 41.1 Å². The lowest BCUT2D eigenvalue weighted by molar-refractivity contribution is -0.121. The molecule has 16 heavy (non-hydrogen) atoms. The normalized spacial score (nSPS) is 10.4. The molecule has 0 bridgehead atoms. The highest BCUT2D eigenvalue weighted by Gasteiger charge is 2.04. The molecule has 0 aliphatic heterocycles. The third-order valence-corrected chi connectivity index (χ3v) is 3.66. The van der Waals surface area contributed by atoms with Gasteiger partial charge in [0.15, 0.2) is 0 Å². The summed E-state index contributed by atoms with van der Waals surface area (Å²) in [6.45, 7) is 5.77. The van der Waals surface area contributed by atoms with Crippen LogP contribution in [0.2, 0.25) is 0 Å². The second kappa shape index (κ2) is 6.66. The van der Waals surface area contributed by atoms with Gasteiger partial charge in [0.1, 0.15) is 0 Å². The fourth-order valence-electron chi connectivity index (χ4n) is 1.44. The number of hydrogen-bond acceptors (Lipinski definition) is 3. The van der Waals surface area contributed by atoms with Crippen LogP contribution in [0.25, 0.3) is 0 Å². The molecule has 1 aromatic heterocycles. The summed E-state index contributed by atoms with van der Waals surface area (Å²) in [5.74, 6) is 0.138. The first-order chi connectivity index (χ1) is 7.63. The first kappa shape index (κ1) is 13.2. The Morgan fingerprint density at radius 1 is 1.44 bits per heavy atom. The van der Waals surface area contributed by atoms with Crippen molar-refractivity contribution in [3.8, 4) is 0 Å². The number of amides is 1. The van der Waals surface area contributed by atoms with Crippen LogP contribution in [0.15, 0.2) is 6.07 Å². The van der Waals surface area contributed by atoms with Gasteiger partial charge in [-0.15, -0.1) is 11.3 Å². The molecule has 4 heteroatoms. The van der Waals surface area contributed by atoms with Gasteiger partial charge in [-0.2, -0.15) is 0 Å². The number of rotatable bonds is 6. The highest BCUT2D eigenvalue weighted by atomic mass is 32.1. The monoisotopic (exact) mass is 240 g/mol. The van der Waals surface area contributed by atoms with Crippen molar-refractivity contribution in [2.75, 3.05) is 13.6 Å². The Morgan fingerprint density at radius 2 is 2.19 bits per heavy atom. The lowest BCUT2D eigenvalue weighted by Crippen LogP contribution is -2.23. The Balaban J connectivity index is 2.26. The van der Waals surface area contributed by atoms with Gasteiger partial charge < -0.3 is 10.6 Å². The van der Waals surface area contributed by atoms with Crippen LogP contribution >= 0.6 is 11.3 Å². The first-order valence-corrected chi connectivity index (χ1v) is 6.42. The maximum Gasteiger partial charge on any atom is 0.220 e. The van der Waals surface area contributed by atoms with E-state index < -0.39 is 0 Å². The molecule has 0 aliphatic carbocycles. The van der Waals surface area contributed by atoms with Crippen LogP contribution in [-0.4, -0.2) is 19.5 Å². The van der Waals surface area contributed by atoms with Crippen molar-refractivity contribution in [2.24, 2.45) is 0 Å². The summed E-state index contributed by atoms with van der Waals surface area (Å²) in [5, 5.41) is 5.97. The Hall–Kier alpha value is -0.870. The van der Waals surface area contributed by atoms with E-state index in [0.717, 1.165) is 13.0 Å². The maximum absolute atomic E-state index is 11.4. The van der Waals surface area contributed by atoms with Crippen LogP contribution in [0.4, 0.5) is 0 Å². The molecule has 0 aromatic carbocycles. The van der Waals surface area contributed by atoms with E-state index in [1.807, 2.05) is 7.05 Å². The number of nitrogens with one attached hydrogen (secondary N) is 2. The zero-order chi connectivity index (χ0) is 12.0. The van der Waals surface area contributed by atoms with Crippen LogP contribution in [-0.2, 0) is 11.3 Å². The molecule has 0 fully saturated rings. The minimum Gasteiger partial charge on any atom is -0.351 e. The second-order valence-corrected chi connectivity index (χ2v) is 5.28. The highest BCUT2D eigenvalue weighted by molar-refractivity contribution is 7.12.